The first-order valence-electron chi connectivity index (χ1n) is 7.02. The van der Waals surface area contributed by atoms with Crippen molar-refractivity contribution in [2.45, 2.75) is 13.8 Å². The number of rotatable bonds is 3. The zero-order valence-corrected chi connectivity index (χ0v) is 13.3. The fourth-order valence-electron chi connectivity index (χ4n) is 2.14. The Hall–Kier alpha value is -2.46. The number of nitrogens with one attached hydrogen (secondary N) is 1. The van der Waals surface area contributed by atoms with Crippen LogP contribution in [0, 0.1) is 13.8 Å². The van der Waals surface area contributed by atoms with E-state index in [-0.39, 0.29) is 5.91 Å². The van der Waals surface area contributed by atoms with Crippen LogP contribution in [0.2, 0.25) is 0 Å². The van der Waals surface area contributed by atoms with Gasteiger partial charge in [0.2, 0.25) is 0 Å². The predicted molar refractivity (Wildman–Crippen MR) is 91.4 cm³/mol. The molecule has 0 saturated carbocycles. The quantitative estimate of drug-likeness (QED) is 0.763. The smallest absolute Gasteiger partial charge is 0.265 e. The molecule has 0 atom stereocenters. The van der Waals surface area contributed by atoms with Crippen molar-refractivity contribution < 1.29 is 4.79 Å². The number of aryl methyl sites for hydroxylation is 2. The summed E-state index contributed by atoms with van der Waals surface area (Å²) in [6.07, 6.45) is 3.31. The van der Waals surface area contributed by atoms with Crippen LogP contribution >= 0.6 is 11.3 Å². The van der Waals surface area contributed by atoms with Crippen LogP contribution in [0.15, 0.2) is 54.9 Å². The number of pyridine rings is 1. The molecule has 2 aromatic heterocycles. The van der Waals surface area contributed by atoms with Crippen LogP contribution in [0.1, 0.15) is 20.8 Å². The lowest BCUT2D eigenvalue weighted by atomic mass is 10.1. The van der Waals surface area contributed by atoms with E-state index in [2.05, 4.69) is 42.3 Å². The average molecular weight is 308 g/mol. The van der Waals surface area contributed by atoms with Gasteiger partial charge in [0.25, 0.3) is 5.91 Å². The standard InChI is InChI=1S/C18H16N2OS/c1-12-3-4-14(11-13(12)2)16-5-6-17(22-16)18(21)20-15-7-9-19-10-8-15/h3-11H,1-2H3,(H,19,20,21). The maximum absolute atomic E-state index is 12.3. The third-order valence-corrected chi connectivity index (χ3v) is 4.69. The molecule has 22 heavy (non-hydrogen) atoms. The Morgan fingerprint density at radius 1 is 1.00 bits per heavy atom. The van der Waals surface area contributed by atoms with E-state index in [1.165, 1.54) is 22.5 Å². The average Bonchev–Trinajstić information content (AvgIpc) is 3.01. The van der Waals surface area contributed by atoms with Gasteiger partial charge < -0.3 is 5.32 Å². The molecule has 3 rings (SSSR count). The third kappa shape index (κ3) is 3.07. The number of carbonyl (C=O) groups is 1. The van der Waals surface area contributed by atoms with Gasteiger partial charge in [-0.1, -0.05) is 18.2 Å². The molecule has 0 spiro atoms. The minimum atomic E-state index is -0.0914. The highest BCUT2D eigenvalue weighted by atomic mass is 32.1. The van der Waals surface area contributed by atoms with Crippen molar-refractivity contribution in [2.24, 2.45) is 0 Å². The predicted octanol–water partition coefficient (Wildman–Crippen LogP) is 4.68. The monoisotopic (exact) mass is 308 g/mol. The summed E-state index contributed by atoms with van der Waals surface area (Å²) in [5.41, 5.74) is 4.43. The summed E-state index contributed by atoms with van der Waals surface area (Å²) >= 11 is 1.50. The fraction of sp³-hybridized carbons (Fsp3) is 0.111. The summed E-state index contributed by atoms with van der Waals surface area (Å²) in [5, 5.41) is 2.87. The van der Waals surface area contributed by atoms with Gasteiger partial charge in [-0.05, 0) is 54.8 Å². The highest BCUT2D eigenvalue weighted by molar-refractivity contribution is 7.17. The third-order valence-electron chi connectivity index (χ3n) is 3.56. The molecule has 4 heteroatoms. The van der Waals surface area contributed by atoms with E-state index in [9.17, 15) is 4.79 Å². The molecule has 0 saturated heterocycles. The van der Waals surface area contributed by atoms with E-state index in [1.807, 2.05) is 12.1 Å². The molecule has 1 amide bonds. The van der Waals surface area contributed by atoms with E-state index in [0.717, 1.165) is 16.1 Å². The maximum Gasteiger partial charge on any atom is 0.265 e. The molecular weight excluding hydrogens is 292 g/mol. The minimum absolute atomic E-state index is 0.0914. The van der Waals surface area contributed by atoms with Crippen molar-refractivity contribution in [2.75, 3.05) is 5.32 Å². The summed E-state index contributed by atoms with van der Waals surface area (Å²) in [7, 11) is 0. The van der Waals surface area contributed by atoms with Gasteiger partial charge in [-0.15, -0.1) is 11.3 Å². The Labute approximate surface area is 133 Å². The van der Waals surface area contributed by atoms with Gasteiger partial charge >= 0.3 is 0 Å². The van der Waals surface area contributed by atoms with E-state index in [1.54, 1.807) is 24.5 Å². The van der Waals surface area contributed by atoms with Crippen molar-refractivity contribution in [1.82, 2.24) is 4.98 Å². The van der Waals surface area contributed by atoms with Gasteiger partial charge in [0.05, 0.1) is 4.88 Å². The van der Waals surface area contributed by atoms with Crippen LogP contribution in [0.25, 0.3) is 10.4 Å². The summed E-state index contributed by atoms with van der Waals surface area (Å²) in [5.74, 6) is -0.0914. The van der Waals surface area contributed by atoms with E-state index in [4.69, 9.17) is 0 Å². The Kier molecular flexibility index (Phi) is 4.02. The van der Waals surface area contributed by atoms with Gasteiger partial charge in [0.1, 0.15) is 0 Å². The van der Waals surface area contributed by atoms with Gasteiger partial charge in [-0.3, -0.25) is 9.78 Å². The Bertz CT molecular complexity index is 809. The first kappa shape index (κ1) is 14.5. The maximum atomic E-state index is 12.3. The molecule has 110 valence electrons. The lowest BCUT2D eigenvalue weighted by Gasteiger charge is -2.03. The number of amides is 1. The second-order valence-electron chi connectivity index (χ2n) is 5.15. The summed E-state index contributed by atoms with van der Waals surface area (Å²) < 4.78 is 0. The molecule has 0 bridgehead atoms. The van der Waals surface area contributed by atoms with Crippen LogP contribution in [-0.4, -0.2) is 10.9 Å². The summed E-state index contributed by atoms with van der Waals surface area (Å²) in [4.78, 5) is 18.0. The second kappa shape index (κ2) is 6.12. The number of nitrogens with zero attached hydrogens (tertiary/aromatic N) is 1. The largest absolute Gasteiger partial charge is 0.321 e. The molecule has 0 unspecified atom stereocenters. The minimum Gasteiger partial charge on any atom is -0.321 e. The van der Waals surface area contributed by atoms with Crippen molar-refractivity contribution in [3.8, 4) is 10.4 Å². The fourth-order valence-corrected chi connectivity index (χ4v) is 3.04. The number of anilines is 1. The summed E-state index contributed by atoms with van der Waals surface area (Å²) in [6, 6.07) is 13.8. The molecule has 3 aromatic rings. The second-order valence-corrected chi connectivity index (χ2v) is 6.24. The molecule has 1 aromatic carbocycles. The Balaban J connectivity index is 1.81. The highest BCUT2D eigenvalue weighted by Gasteiger charge is 2.11. The number of benzene rings is 1. The number of carbonyl (C=O) groups excluding carboxylic acids is 1. The van der Waals surface area contributed by atoms with Crippen molar-refractivity contribution in [1.29, 1.82) is 0 Å². The lowest BCUT2D eigenvalue weighted by Crippen LogP contribution is -2.09. The molecule has 0 aliphatic heterocycles. The molecule has 0 fully saturated rings. The van der Waals surface area contributed by atoms with Gasteiger partial charge in [-0.25, -0.2) is 0 Å². The zero-order chi connectivity index (χ0) is 15.5. The topological polar surface area (TPSA) is 42.0 Å². The summed E-state index contributed by atoms with van der Waals surface area (Å²) in [6.45, 7) is 4.20. The highest BCUT2D eigenvalue weighted by Crippen LogP contribution is 2.29. The first-order chi connectivity index (χ1) is 10.6. The number of hydrogen-bond acceptors (Lipinski definition) is 3. The molecule has 0 radical (unpaired) electrons. The van der Waals surface area contributed by atoms with Crippen LogP contribution in [0.4, 0.5) is 5.69 Å². The number of hydrogen-bond donors (Lipinski definition) is 1. The molecular formula is C18H16N2OS. The lowest BCUT2D eigenvalue weighted by molar-refractivity contribution is 0.103. The van der Waals surface area contributed by atoms with Gasteiger partial charge in [0.15, 0.2) is 0 Å². The van der Waals surface area contributed by atoms with Crippen LogP contribution in [0.3, 0.4) is 0 Å². The molecule has 0 aliphatic rings. The van der Waals surface area contributed by atoms with Crippen LogP contribution < -0.4 is 5.32 Å². The SMILES string of the molecule is Cc1ccc(-c2ccc(C(=O)Nc3ccncc3)s2)cc1C. The van der Waals surface area contributed by atoms with Crippen LogP contribution in [-0.2, 0) is 0 Å². The van der Waals surface area contributed by atoms with E-state index in [0.29, 0.717) is 4.88 Å². The van der Waals surface area contributed by atoms with E-state index >= 15 is 0 Å². The van der Waals surface area contributed by atoms with Crippen molar-refractivity contribution in [3.63, 3.8) is 0 Å². The number of thiophene rings is 1. The van der Waals surface area contributed by atoms with Gasteiger partial charge in [-0.2, -0.15) is 0 Å². The molecule has 3 nitrogen and oxygen atoms in total. The van der Waals surface area contributed by atoms with Gasteiger partial charge in [0, 0.05) is 23.0 Å². The van der Waals surface area contributed by atoms with Crippen LogP contribution in [0.5, 0.6) is 0 Å². The number of aromatic nitrogens is 1. The van der Waals surface area contributed by atoms with Crippen molar-refractivity contribution in [3.05, 3.63) is 70.9 Å². The van der Waals surface area contributed by atoms with E-state index < -0.39 is 0 Å². The molecule has 2 heterocycles. The normalized spacial score (nSPS) is 10.5. The molecule has 0 aliphatic carbocycles. The Morgan fingerprint density at radius 3 is 2.50 bits per heavy atom. The molecule has 1 N–H and O–H groups in total. The Morgan fingerprint density at radius 2 is 1.77 bits per heavy atom. The zero-order valence-electron chi connectivity index (χ0n) is 12.5. The van der Waals surface area contributed by atoms with Crippen molar-refractivity contribution >= 4 is 22.9 Å². The first-order valence-corrected chi connectivity index (χ1v) is 7.84.